The van der Waals surface area contributed by atoms with E-state index in [0.29, 0.717) is 30.3 Å². The standard InChI is InChI=1S/C11H13O3/c1-3-13-10-6-5-7-11(14-4-2)9(10)8-12/h5-7H,3-4H2,1-2H3. The van der Waals surface area contributed by atoms with Crippen molar-refractivity contribution < 1.29 is 14.3 Å². The fourth-order valence-electron chi connectivity index (χ4n) is 1.16. The zero-order valence-corrected chi connectivity index (χ0v) is 8.37. The molecular weight excluding hydrogens is 180 g/mol. The van der Waals surface area contributed by atoms with Gasteiger partial charge < -0.3 is 9.47 Å². The lowest BCUT2D eigenvalue weighted by molar-refractivity contribution is 0.321. The van der Waals surface area contributed by atoms with Crippen molar-refractivity contribution in [2.75, 3.05) is 13.2 Å². The number of ether oxygens (including phenoxy) is 2. The van der Waals surface area contributed by atoms with Crippen LogP contribution in [0.4, 0.5) is 0 Å². The summed E-state index contributed by atoms with van der Waals surface area (Å²) in [5.41, 5.74) is 0.358. The Bertz CT molecular complexity index is 283. The molecule has 14 heavy (non-hydrogen) atoms. The summed E-state index contributed by atoms with van der Waals surface area (Å²) in [6.45, 7) is 4.76. The van der Waals surface area contributed by atoms with Gasteiger partial charge in [0.2, 0.25) is 6.29 Å². The minimum atomic E-state index is 0.358. The molecular formula is C11H13O3. The molecule has 3 nitrogen and oxygen atoms in total. The normalized spacial score (nSPS) is 9.57. The molecule has 3 heteroatoms. The van der Waals surface area contributed by atoms with E-state index in [1.165, 1.54) is 0 Å². The third-order valence-electron chi connectivity index (χ3n) is 1.69. The summed E-state index contributed by atoms with van der Waals surface area (Å²) in [7, 11) is 0. The highest BCUT2D eigenvalue weighted by atomic mass is 16.5. The van der Waals surface area contributed by atoms with Gasteiger partial charge in [0.25, 0.3) is 0 Å². The van der Waals surface area contributed by atoms with E-state index >= 15 is 0 Å². The van der Waals surface area contributed by atoms with Gasteiger partial charge in [-0.25, -0.2) is 0 Å². The van der Waals surface area contributed by atoms with E-state index in [1.54, 1.807) is 18.2 Å². The van der Waals surface area contributed by atoms with E-state index in [9.17, 15) is 4.79 Å². The second-order valence-electron chi connectivity index (χ2n) is 2.60. The minimum absolute atomic E-state index is 0.358. The van der Waals surface area contributed by atoms with Crippen molar-refractivity contribution in [1.82, 2.24) is 0 Å². The van der Waals surface area contributed by atoms with Crippen molar-refractivity contribution in [2.45, 2.75) is 13.8 Å². The lowest BCUT2D eigenvalue weighted by Gasteiger charge is -2.09. The molecule has 1 rings (SSSR count). The molecule has 0 atom stereocenters. The van der Waals surface area contributed by atoms with Gasteiger partial charge in [0.1, 0.15) is 17.1 Å². The van der Waals surface area contributed by atoms with Gasteiger partial charge in [-0.1, -0.05) is 6.07 Å². The fourth-order valence-corrected chi connectivity index (χ4v) is 1.16. The summed E-state index contributed by atoms with van der Waals surface area (Å²) in [4.78, 5) is 10.7. The minimum Gasteiger partial charge on any atom is -0.493 e. The van der Waals surface area contributed by atoms with Crippen LogP contribution in [0, 0.1) is 0 Å². The zero-order valence-electron chi connectivity index (χ0n) is 8.37. The lowest BCUT2D eigenvalue weighted by atomic mass is 10.2. The summed E-state index contributed by atoms with van der Waals surface area (Å²) in [5, 5.41) is 0. The quantitative estimate of drug-likeness (QED) is 0.716. The predicted molar refractivity (Wildman–Crippen MR) is 53.6 cm³/mol. The van der Waals surface area contributed by atoms with Crippen molar-refractivity contribution in [2.24, 2.45) is 0 Å². The van der Waals surface area contributed by atoms with Crippen LogP contribution in [0.25, 0.3) is 0 Å². The summed E-state index contributed by atoms with van der Waals surface area (Å²) in [5.74, 6) is 1.04. The molecule has 0 aliphatic rings. The monoisotopic (exact) mass is 193 g/mol. The van der Waals surface area contributed by atoms with Crippen molar-refractivity contribution in [3.8, 4) is 11.5 Å². The summed E-state index contributed by atoms with van der Waals surface area (Å²) in [6, 6.07) is 5.25. The molecule has 75 valence electrons. The summed E-state index contributed by atoms with van der Waals surface area (Å²) >= 11 is 0. The Morgan fingerprint density at radius 1 is 1.14 bits per heavy atom. The first-order chi connectivity index (χ1) is 6.83. The average molecular weight is 193 g/mol. The first-order valence-corrected chi connectivity index (χ1v) is 4.60. The van der Waals surface area contributed by atoms with Crippen LogP contribution >= 0.6 is 0 Å². The molecule has 0 spiro atoms. The highest BCUT2D eigenvalue weighted by Gasteiger charge is 2.09. The molecule has 0 saturated carbocycles. The van der Waals surface area contributed by atoms with Gasteiger partial charge in [0.15, 0.2) is 0 Å². The molecule has 1 aromatic carbocycles. The Morgan fingerprint density at radius 3 is 2.00 bits per heavy atom. The highest BCUT2D eigenvalue weighted by molar-refractivity contribution is 5.84. The van der Waals surface area contributed by atoms with Gasteiger partial charge in [-0.05, 0) is 26.0 Å². The van der Waals surface area contributed by atoms with Gasteiger partial charge in [-0.15, -0.1) is 0 Å². The first-order valence-electron chi connectivity index (χ1n) is 4.60. The van der Waals surface area contributed by atoms with Crippen LogP contribution in [0.15, 0.2) is 18.2 Å². The van der Waals surface area contributed by atoms with Crippen LogP contribution in [-0.2, 0) is 4.79 Å². The molecule has 0 aromatic heterocycles. The Balaban J connectivity index is 3.04. The fraction of sp³-hybridized carbons (Fsp3) is 0.364. The van der Waals surface area contributed by atoms with Crippen molar-refractivity contribution in [3.05, 3.63) is 23.8 Å². The predicted octanol–water partition coefficient (Wildman–Crippen LogP) is 1.94. The molecule has 0 fully saturated rings. The van der Waals surface area contributed by atoms with Crippen LogP contribution in [0.2, 0.25) is 0 Å². The van der Waals surface area contributed by atoms with E-state index < -0.39 is 0 Å². The van der Waals surface area contributed by atoms with Gasteiger partial charge in [-0.3, -0.25) is 4.79 Å². The van der Waals surface area contributed by atoms with Crippen LogP contribution < -0.4 is 9.47 Å². The van der Waals surface area contributed by atoms with Crippen LogP contribution in [0.5, 0.6) is 11.5 Å². The highest BCUT2D eigenvalue weighted by Crippen LogP contribution is 2.26. The Morgan fingerprint density at radius 2 is 1.64 bits per heavy atom. The topological polar surface area (TPSA) is 35.5 Å². The molecule has 0 saturated heterocycles. The summed E-state index contributed by atoms with van der Waals surface area (Å²) in [6.07, 6.45) is 1.83. The maximum Gasteiger partial charge on any atom is 0.241 e. The number of rotatable bonds is 5. The third kappa shape index (κ3) is 2.25. The SMILES string of the molecule is CCOc1cccc(OCC)c1[C]=O. The van der Waals surface area contributed by atoms with Gasteiger partial charge in [0, 0.05) is 0 Å². The number of carbonyl (C=O) groups excluding carboxylic acids is 1. The first kappa shape index (κ1) is 10.6. The van der Waals surface area contributed by atoms with Gasteiger partial charge >= 0.3 is 0 Å². The molecule has 0 bridgehead atoms. The number of hydrogen-bond acceptors (Lipinski definition) is 3. The number of hydrogen-bond donors (Lipinski definition) is 0. The van der Waals surface area contributed by atoms with Crippen molar-refractivity contribution in [3.63, 3.8) is 0 Å². The largest absolute Gasteiger partial charge is 0.493 e. The second kappa shape index (κ2) is 5.27. The van der Waals surface area contributed by atoms with Crippen LogP contribution in [0.1, 0.15) is 19.4 Å². The van der Waals surface area contributed by atoms with E-state index in [2.05, 4.69) is 0 Å². The molecule has 0 aliphatic heterocycles. The number of benzene rings is 1. The molecule has 0 unspecified atom stereocenters. The maximum absolute atomic E-state index is 10.7. The molecule has 0 heterocycles. The third-order valence-corrected chi connectivity index (χ3v) is 1.69. The van der Waals surface area contributed by atoms with E-state index in [-0.39, 0.29) is 0 Å². The van der Waals surface area contributed by atoms with Crippen LogP contribution in [-0.4, -0.2) is 19.5 Å². The van der Waals surface area contributed by atoms with E-state index in [0.717, 1.165) is 0 Å². The molecule has 1 radical (unpaired) electrons. The second-order valence-corrected chi connectivity index (χ2v) is 2.60. The zero-order chi connectivity index (χ0) is 10.4. The average Bonchev–Trinajstić information content (AvgIpc) is 2.19. The van der Waals surface area contributed by atoms with Crippen LogP contribution in [0.3, 0.4) is 0 Å². The summed E-state index contributed by atoms with van der Waals surface area (Å²) < 4.78 is 10.5. The van der Waals surface area contributed by atoms with Crippen molar-refractivity contribution >= 4 is 6.29 Å². The smallest absolute Gasteiger partial charge is 0.241 e. The molecule has 1 aromatic rings. The van der Waals surface area contributed by atoms with Crippen molar-refractivity contribution in [1.29, 1.82) is 0 Å². The Labute approximate surface area is 83.6 Å². The van der Waals surface area contributed by atoms with Gasteiger partial charge in [0.05, 0.1) is 13.2 Å². The lowest BCUT2D eigenvalue weighted by Crippen LogP contribution is -2.00. The molecule has 0 amide bonds. The molecule has 0 aliphatic carbocycles. The maximum atomic E-state index is 10.7. The molecule has 0 N–H and O–H groups in total. The van der Waals surface area contributed by atoms with E-state index in [4.69, 9.17) is 9.47 Å². The van der Waals surface area contributed by atoms with E-state index in [1.807, 2.05) is 20.1 Å². The Hall–Kier alpha value is -1.51. The Kier molecular flexibility index (Phi) is 3.98. The van der Waals surface area contributed by atoms with Gasteiger partial charge in [-0.2, -0.15) is 0 Å².